The smallest absolute Gasteiger partial charge is 0.191 e. The zero-order valence-corrected chi connectivity index (χ0v) is 20.4. The van der Waals surface area contributed by atoms with E-state index < -0.39 is 0 Å². The van der Waals surface area contributed by atoms with E-state index in [0.717, 1.165) is 34.2 Å². The Morgan fingerprint density at radius 1 is 0.818 bits per heavy atom. The molecule has 0 amide bonds. The van der Waals surface area contributed by atoms with Crippen molar-refractivity contribution in [2.45, 2.75) is 44.8 Å². The molecule has 0 aliphatic carbocycles. The van der Waals surface area contributed by atoms with Gasteiger partial charge in [0.2, 0.25) is 0 Å². The van der Waals surface area contributed by atoms with Crippen LogP contribution in [0.2, 0.25) is 0 Å². The molecule has 0 unspecified atom stereocenters. The van der Waals surface area contributed by atoms with Crippen molar-refractivity contribution in [2.24, 2.45) is 0 Å². The highest BCUT2D eigenvalue weighted by Crippen LogP contribution is 2.28. The summed E-state index contributed by atoms with van der Waals surface area (Å²) in [5.74, 6) is 1.24. The lowest BCUT2D eigenvalue weighted by molar-refractivity contribution is 0.102. The number of benzene rings is 3. The van der Waals surface area contributed by atoms with Gasteiger partial charge in [-0.3, -0.25) is 4.79 Å². The Bertz CT molecular complexity index is 1220. The van der Waals surface area contributed by atoms with E-state index in [1.165, 1.54) is 17.3 Å². The number of hydrogen-bond acceptors (Lipinski definition) is 4. The van der Waals surface area contributed by atoms with Gasteiger partial charge in [0.05, 0.1) is 5.75 Å². The minimum absolute atomic E-state index is 0.0846. The molecule has 0 fully saturated rings. The summed E-state index contributed by atoms with van der Waals surface area (Å²) >= 11 is 1.44. The van der Waals surface area contributed by atoms with Gasteiger partial charge in [-0.15, -0.1) is 10.2 Å². The Morgan fingerprint density at radius 2 is 1.42 bits per heavy atom. The Labute approximate surface area is 200 Å². The SMILES string of the molecule is CCn1c(SCC(=O)c2ccc(-c3ccccc3)cc2)nnc1-c1ccc(C(C)(C)C)cc1. The molecule has 1 aromatic heterocycles. The number of aromatic nitrogens is 3. The van der Waals surface area contributed by atoms with Crippen molar-refractivity contribution in [3.63, 3.8) is 0 Å². The Kier molecular flexibility index (Phi) is 6.80. The number of ketones is 1. The number of thioether (sulfide) groups is 1. The maximum Gasteiger partial charge on any atom is 0.191 e. The lowest BCUT2D eigenvalue weighted by Crippen LogP contribution is -2.10. The molecule has 168 valence electrons. The maximum atomic E-state index is 12.8. The minimum atomic E-state index is 0.0846. The van der Waals surface area contributed by atoms with Gasteiger partial charge in [-0.05, 0) is 29.0 Å². The van der Waals surface area contributed by atoms with Crippen LogP contribution in [0.4, 0.5) is 0 Å². The van der Waals surface area contributed by atoms with Gasteiger partial charge in [0, 0.05) is 17.7 Å². The van der Waals surface area contributed by atoms with Crippen LogP contribution >= 0.6 is 11.8 Å². The molecule has 0 saturated carbocycles. The molecule has 0 atom stereocenters. The van der Waals surface area contributed by atoms with Crippen LogP contribution in [0.25, 0.3) is 22.5 Å². The Morgan fingerprint density at radius 3 is 2.03 bits per heavy atom. The normalized spacial score (nSPS) is 11.5. The van der Waals surface area contributed by atoms with E-state index in [1.54, 1.807) is 0 Å². The second-order valence-corrected chi connectivity index (χ2v) is 9.98. The van der Waals surface area contributed by atoms with Crippen LogP contribution in [0.3, 0.4) is 0 Å². The van der Waals surface area contributed by atoms with Crippen molar-refractivity contribution >= 4 is 17.5 Å². The first-order chi connectivity index (χ1) is 15.9. The zero-order chi connectivity index (χ0) is 23.4. The number of hydrogen-bond donors (Lipinski definition) is 0. The van der Waals surface area contributed by atoms with Crippen LogP contribution < -0.4 is 0 Å². The highest BCUT2D eigenvalue weighted by atomic mass is 32.2. The fourth-order valence-corrected chi connectivity index (χ4v) is 4.60. The molecule has 33 heavy (non-hydrogen) atoms. The standard InChI is InChI=1S/C28H29N3OS/c1-5-31-26(23-15-17-24(18-16-23)28(2,3)4)29-30-27(31)33-19-25(32)22-13-11-21(12-14-22)20-9-7-6-8-10-20/h6-18H,5,19H2,1-4H3. The number of rotatable bonds is 7. The van der Waals surface area contributed by atoms with Gasteiger partial charge >= 0.3 is 0 Å². The summed E-state index contributed by atoms with van der Waals surface area (Å²) in [6.45, 7) is 9.43. The first-order valence-corrected chi connectivity index (χ1v) is 12.2. The lowest BCUT2D eigenvalue weighted by Gasteiger charge is -2.19. The Hall–Kier alpha value is -3.18. The average molecular weight is 456 g/mol. The molecule has 0 radical (unpaired) electrons. The molecular formula is C28H29N3OS. The molecule has 1 heterocycles. The molecule has 0 aliphatic heterocycles. The molecule has 5 heteroatoms. The van der Waals surface area contributed by atoms with Crippen LogP contribution in [0, 0.1) is 0 Å². The first kappa shape index (κ1) is 23.0. The van der Waals surface area contributed by atoms with Gasteiger partial charge in [0.25, 0.3) is 0 Å². The van der Waals surface area contributed by atoms with Crippen LogP contribution in [0.1, 0.15) is 43.6 Å². The third-order valence-electron chi connectivity index (χ3n) is 5.69. The maximum absolute atomic E-state index is 12.8. The summed E-state index contributed by atoms with van der Waals surface area (Å²) in [5.41, 5.74) is 5.39. The summed E-state index contributed by atoms with van der Waals surface area (Å²) in [7, 11) is 0. The van der Waals surface area contributed by atoms with Crippen molar-refractivity contribution in [2.75, 3.05) is 5.75 Å². The Balaban J connectivity index is 1.45. The summed E-state index contributed by atoms with van der Waals surface area (Å²) < 4.78 is 2.07. The largest absolute Gasteiger partial charge is 0.302 e. The van der Waals surface area contributed by atoms with Crippen molar-refractivity contribution in [3.8, 4) is 22.5 Å². The van der Waals surface area contributed by atoms with E-state index in [2.05, 4.69) is 78.9 Å². The number of carbonyl (C=O) groups is 1. The van der Waals surface area contributed by atoms with Crippen LogP contribution in [0.5, 0.6) is 0 Å². The molecule has 4 aromatic rings. The van der Waals surface area contributed by atoms with Gasteiger partial charge < -0.3 is 4.57 Å². The highest BCUT2D eigenvalue weighted by Gasteiger charge is 2.17. The van der Waals surface area contributed by atoms with Crippen LogP contribution in [-0.2, 0) is 12.0 Å². The molecular weight excluding hydrogens is 426 g/mol. The third-order valence-corrected chi connectivity index (χ3v) is 6.66. The molecule has 0 spiro atoms. The van der Waals surface area contributed by atoms with E-state index in [9.17, 15) is 4.79 Å². The molecule has 0 bridgehead atoms. The topological polar surface area (TPSA) is 47.8 Å². The number of carbonyl (C=O) groups excluding carboxylic acids is 1. The quantitative estimate of drug-likeness (QED) is 0.224. The minimum Gasteiger partial charge on any atom is -0.302 e. The van der Waals surface area contributed by atoms with E-state index in [-0.39, 0.29) is 11.2 Å². The summed E-state index contributed by atoms with van der Waals surface area (Å²) in [4.78, 5) is 12.8. The fourth-order valence-electron chi connectivity index (χ4n) is 3.71. The van der Waals surface area contributed by atoms with E-state index >= 15 is 0 Å². The van der Waals surface area contributed by atoms with Crippen molar-refractivity contribution < 1.29 is 4.79 Å². The van der Waals surface area contributed by atoms with Crippen LogP contribution in [-0.4, -0.2) is 26.3 Å². The first-order valence-electron chi connectivity index (χ1n) is 11.2. The van der Waals surface area contributed by atoms with Crippen molar-refractivity contribution in [1.29, 1.82) is 0 Å². The van der Waals surface area contributed by atoms with E-state index in [0.29, 0.717) is 11.3 Å². The van der Waals surface area contributed by atoms with E-state index in [1.807, 2.05) is 42.5 Å². The van der Waals surface area contributed by atoms with Gasteiger partial charge in [0.15, 0.2) is 16.8 Å². The second-order valence-electron chi connectivity index (χ2n) is 9.03. The average Bonchev–Trinajstić information content (AvgIpc) is 3.25. The predicted octanol–water partition coefficient (Wildman–Crippen LogP) is 6.90. The van der Waals surface area contributed by atoms with Crippen LogP contribution in [0.15, 0.2) is 84.0 Å². The van der Waals surface area contributed by atoms with Crippen molar-refractivity contribution in [1.82, 2.24) is 14.8 Å². The second kappa shape index (κ2) is 9.75. The number of nitrogens with zero attached hydrogens (tertiary/aromatic N) is 3. The molecule has 4 nitrogen and oxygen atoms in total. The summed E-state index contributed by atoms with van der Waals surface area (Å²) in [6, 6.07) is 26.5. The summed E-state index contributed by atoms with van der Waals surface area (Å²) in [6.07, 6.45) is 0. The molecule has 3 aromatic carbocycles. The van der Waals surface area contributed by atoms with Gasteiger partial charge in [-0.2, -0.15) is 0 Å². The molecule has 0 N–H and O–H groups in total. The van der Waals surface area contributed by atoms with Gasteiger partial charge in [-0.25, -0.2) is 0 Å². The van der Waals surface area contributed by atoms with Gasteiger partial charge in [0.1, 0.15) is 0 Å². The predicted molar refractivity (Wildman–Crippen MR) is 137 cm³/mol. The van der Waals surface area contributed by atoms with E-state index in [4.69, 9.17) is 0 Å². The van der Waals surface area contributed by atoms with Crippen molar-refractivity contribution in [3.05, 3.63) is 90.0 Å². The number of Topliss-reactive ketones (excluding diaryl/α,β-unsaturated/α-hetero) is 1. The van der Waals surface area contributed by atoms with Gasteiger partial charge in [-0.1, -0.05) is 111 Å². The zero-order valence-electron chi connectivity index (χ0n) is 19.6. The third kappa shape index (κ3) is 5.25. The molecule has 0 saturated heterocycles. The fraction of sp³-hybridized carbons (Fsp3) is 0.250. The monoisotopic (exact) mass is 455 g/mol. The molecule has 0 aliphatic rings. The molecule has 4 rings (SSSR count). The lowest BCUT2D eigenvalue weighted by atomic mass is 9.87. The highest BCUT2D eigenvalue weighted by molar-refractivity contribution is 7.99. The summed E-state index contributed by atoms with van der Waals surface area (Å²) in [5, 5.41) is 9.57.